The molecule has 1 aromatic heterocycles. The molecule has 0 saturated carbocycles. The van der Waals surface area contributed by atoms with Crippen LogP contribution in [0.3, 0.4) is 0 Å². The van der Waals surface area contributed by atoms with Gasteiger partial charge in [0.15, 0.2) is 7.05 Å². The first-order valence-electron chi connectivity index (χ1n) is 7.56. The van der Waals surface area contributed by atoms with Crippen LogP contribution in [0.5, 0.6) is 0 Å². The van der Waals surface area contributed by atoms with E-state index in [1.165, 1.54) is 11.4 Å². The van der Waals surface area contributed by atoms with Gasteiger partial charge in [0.05, 0.1) is 12.2 Å². The smallest absolute Gasteiger partial charge is 0.279 e. The minimum absolute atomic E-state index is 1.05. The molecule has 1 rings (SSSR count). The van der Waals surface area contributed by atoms with Gasteiger partial charge >= 0.3 is 37.2 Å². The summed E-state index contributed by atoms with van der Waals surface area (Å²) in [5, 5.41) is 6.01. The second kappa shape index (κ2) is 8.83. The first kappa shape index (κ1) is 28.9. The fraction of sp³-hybridized carbons (Fsp3) is 0.667. The predicted molar refractivity (Wildman–Crippen MR) is 86.3 cm³/mol. The molecule has 0 saturated heterocycles. The summed E-state index contributed by atoms with van der Waals surface area (Å²) in [7, 11) is -13.3. The normalized spacial score (nSPS) is 13.5. The van der Waals surface area contributed by atoms with Crippen LogP contribution in [0, 0.1) is 19.3 Å². The van der Waals surface area contributed by atoms with Gasteiger partial charge in [-0.15, -0.1) is 8.39 Å². The molecule has 182 valence electrons. The van der Waals surface area contributed by atoms with Gasteiger partial charge in [-0.1, -0.05) is 0 Å². The van der Waals surface area contributed by atoms with Crippen LogP contribution < -0.4 is 4.68 Å². The molecule has 0 radical (unpaired) electrons. The molecule has 0 aliphatic carbocycles. The summed E-state index contributed by atoms with van der Waals surface area (Å²) >= 11 is 0. The van der Waals surface area contributed by atoms with Crippen molar-refractivity contribution in [1.82, 2.24) is 8.39 Å². The Morgan fingerprint density at radius 1 is 0.968 bits per heavy atom. The summed E-state index contributed by atoms with van der Waals surface area (Å²) in [6.45, 7) is 7.47. The lowest BCUT2D eigenvalue weighted by atomic mass is 10.4. The number of aromatic nitrogens is 2. The lowest BCUT2D eigenvalue weighted by Crippen LogP contribution is -2.55. The average molecular weight is 515 g/mol. The van der Waals surface area contributed by atoms with Crippen molar-refractivity contribution in [2.75, 3.05) is 0 Å². The fourth-order valence-electron chi connectivity index (χ4n) is 2.02. The number of sulfonamides is 2. The highest BCUT2D eigenvalue weighted by molar-refractivity contribution is 8.05. The molecule has 0 aliphatic rings. The van der Waals surface area contributed by atoms with E-state index in [1.54, 1.807) is 0 Å². The van der Waals surface area contributed by atoms with E-state index in [4.69, 9.17) is 5.41 Å². The molecule has 31 heavy (non-hydrogen) atoms. The summed E-state index contributed by atoms with van der Waals surface area (Å²) in [6.07, 6.45) is -6.42. The predicted octanol–water partition coefficient (Wildman–Crippen LogP) is 2.48. The van der Waals surface area contributed by atoms with Crippen LogP contribution in [0.4, 0.5) is 39.5 Å². The molecule has 0 fully saturated rings. The molecule has 0 unspecified atom stereocenters. The first-order valence-corrected chi connectivity index (χ1v) is 10.4. The summed E-state index contributed by atoms with van der Waals surface area (Å²) in [5.41, 5.74) is -11.0. The SMILES string of the molecule is CCn1c(C)cc(C)[n+]1C.N=C(N(S(=O)(=O)C(F)(F)F)S(=O)(=O)C(F)(F)F)C(F)(F)F. The maximum atomic E-state index is 12.0. The van der Waals surface area contributed by atoms with Gasteiger partial charge in [0.2, 0.25) is 11.5 Å². The van der Waals surface area contributed by atoms with Gasteiger partial charge in [0.1, 0.15) is 0 Å². The topological polar surface area (TPSA) is 104 Å². The van der Waals surface area contributed by atoms with E-state index >= 15 is 0 Å². The van der Waals surface area contributed by atoms with Gasteiger partial charge in [0.25, 0.3) is 0 Å². The van der Waals surface area contributed by atoms with Crippen LogP contribution in [-0.2, 0) is 33.6 Å². The third-order valence-electron chi connectivity index (χ3n) is 3.47. The highest BCUT2D eigenvalue weighted by atomic mass is 32.3. The van der Waals surface area contributed by atoms with Crippen LogP contribution in [0.25, 0.3) is 0 Å². The van der Waals surface area contributed by atoms with Crippen molar-refractivity contribution in [2.24, 2.45) is 7.05 Å². The van der Waals surface area contributed by atoms with Gasteiger partial charge in [-0.05, 0) is 13.8 Å². The minimum Gasteiger partial charge on any atom is -0.279 e. The van der Waals surface area contributed by atoms with Crippen LogP contribution in [0.15, 0.2) is 6.07 Å². The van der Waals surface area contributed by atoms with Crippen molar-refractivity contribution in [1.29, 1.82) is 5.41 Å². The Kier molecular flexibility index (Phi) is 8.25. The van der Waals surface area contributed by atoms with E-state index < -0.39 is 46.8 Å². The molecule has 1 heterocycles. The highest BCUT2D eigenvalue weighted by Gasteiger charge is 2.65. The summed E-state index contributed by atoms with van der Waals surface area (Å²) in [4.78, 5) is 0. The van der Waals surface area contributed by atoms with E-state index in [-0.39, 0.29) is 0 Å². The third kappa shape index (κ3) is 6.01. The number of hydrogen-bond donors (Lipinski definition) is 1. The van der Waals surface area contributed by atoms with Crippen molar-refractivity contribution in [3.63, 3.8) is 0 Å². The Bertz CT molecular complexity index is 978. The summed E-state index contributed by atoms with van der Waals surface area (Å²) in [6, 6.07) is 2.20. The van der Waals surface area contributed by atoms with Gasteiger partial charge < -0.3 is 0 Å². The molecule has 8 nitrogen and oxygen atoms in total. The zero-order chi connectivity index (χ0) is 25.4. The molecule has 1 aromatic rings. The molecule has 19 heteroatoms. The van der Waals surface area contributed by atoms with E-state index in [9.17, 15) is 56.3 Å². The third-order valence-corrected chi connectivity index (χ3v) is 7.06. The zero-order valence-electron chi connectivity index (χ0n) is 16.0. The average Bonchev–Trinajstić information content (AvgIpc) is 2.76. The van der Waals surface area contributed by atoms with Crippen molar-refractivity contribution < 1.29 is 61.0 Å². The van der Waals surface area contributed by atoms with E-state index in [2.05, 4.69) is 43.2 Å². The Labute approximate surface area is 170 Å². The number of aryl methyl sites for hydroxylation is 2. The number of amidine groups is 1. The lowest BCUT2D eigenvalue weighted by molar-refractivity contribution is -0.758. The molecular weight excluding hydrogens is 499 g/mol. The maximum absolute atomic E-state index is 12.0. The second-order valence-corrected chi connectivity index (χ2v) is 9.40. The largest absolute Gasteiger partial charge is 0.517 e. The molecule has 1 N–H and O–H groups in total. The van der Waals surface area contributed by atoms with Gasteiger partial charge in [-0.3, -0.25) is 5.41 Å². The highest BCUT2D eigenvalue weighted by Crippen LogP contribution is 2.37. The first-order chi connectivity index (χ1) is 13.4. The second-order valence-electron chi connectivity index (χ2n) is 5.61. The standard InChI is InChI=1S/C8H15N2.C4HF9N2O4S2/c1-5-10-8(3)6-7(2)9(10)4;5-2(6,7)1(14)15(20(16,17)3(8,9)10)21(18,19)4(11,12)13/h6H,5H2,1-4H3;14H/q+1;. The van der Waals surface area contributed by atoms with Gasteiger partial charge in [0, 0.05) is 13.0 Å². The summed E-state index contributed by atoms with van der Waals surface area (Å²) < 4.78 is 152. The van der Waals surface area contributed by atoms with E-state index in [0.29, 0.717) is 0 Å². The number of nitrogens with one attached hydrogen (secondary N) is 1. The lowest BCUT2D eigenvalue weighted by Gasteiger charge is -2.26. The zero-order valence-corrected chi connectivity index (χ0v) is 17.6. The Hall–Kier alpha value is -2.05. The Morgan fingerprint density at radius 3 is 1.48 bits per heavy atom. The molecule has 0 amide bonds. The number of halogens is 9. The van der Waals surface area contributed by atoms with Crippen molar-refractivity contribution in [2.45, 2.75) is 44.5 Å². The monoisotopic (exact) mass is 515 g/mol. The number of rotatable bonds is 3. The molecule has 0 aromatic carbocycles. The van der Waals surface area contributed by atoms with Crippen molar-refractivity contribution >= 4 is 25.9 Å². The summed E-state index contributed by atoms with van der Waals surface area (Å²) in [5.74, 6) is -3.89. The van der Waals surface area contributed by atoms with Crippen LogP contribution in [0.2, 0.25) is 0 Å². The van der Waals surface area contributed by atoms with Crippen LogP contribution in [0.1, 0.15) is 18.3 Å². The quantitative estimate of drug-likeness (QED) is 0.289. The molecule has 0 aliphatic heterocycles. The van der Waals surface area contributed by atoms with E-state index in [0.717, 1.165) is 6.54 Å². The Morgan fingerprint density at radius 2 is 1.32 bits per heavy atom. The van der Waals surface area contributed by atoms with Crippen LogP contribution in [-0.4, -0.2) is 48.3 Å². The molecular formula is C12H16F9N4O4S2+. The number of hydrogen-bond acceptors (Lipinski definition) is 5. The van der Waals surface area contributed by atoms with Gasteiger partial charge in [-0.25, -0.2) is 0 Å². The minimum atomic E-state index is -7.68. The Balaban J connectivity index is 0.000000743. The molecule has 0 atom stereocenters. The van der Waals surface area contributed by atoms with E-state index in [1.807, 2.05) is 0 Å². The maximum Gasteiger partial charge on any atom is 0.517 e. The number of nitrogens with zero attached hydrogens (tertiary/aromatic N) is 3. The molecule has 0 bridgehead atoms. The molecule has 0 spiro atoms. The van der Waals surface area contributed by atoms with Crippen molar-refractivity contribution in [3.8, 4) is 0 Å². The van der Waals surface area contributed by atoms with Crippen LogP contribution >= 0.6 is 0 Å². The van der Waals surface area contributed by atoms with Gasteiger partial charge in [-0.2, -0.15) is 61.0 Å². The van der Waals surface area contributed by atoms with Crippen molar-refractivity contribution in [3.05, 3.63) is 17.5 Å². The number of alkyl halides is 9. The fourth-order valence-corrected chi connectivity index (χ4v) is 4.62.